The van der Waals surface area contributed by atoms with Gasteiger partial charge >= 0.3 is 0 Å². The molecular weight excluding hydrogens is 314 g/mol. The Morgan fingerprint density at radius 2 is 1.95 bits per heavy atom. The Hall–Kier alpha value is -0.420. The van der Waals surface area contributed by atoms with E-state index >= 15 is 0 Å². The van der Waals surface area contributed by atoms with Gasteiger partial charge < -0.3 is 10.2 Å². The second-order valence-electron chi connectivity index (χ2n) is 5.82. The summed E-state index contributed by atoms with van der Waals surface area (Å²) in [5.74, 6) is 0. The third-order valence-electron chi connectivity index (χ3n) is 4.26. The topological polar surface area (TPSA) is 18.5 Å². The van der Waals surface area contributed by atoms with Crippen LogP contribution in [0.25, 0.3) is 0 Å². The van der Waals surface area contributed by atoms with Gasteiger partial charge in [-0.2, -0.15) is 0 Å². The van der Waals surface area contributed by atoms with Gasteiger partial charge in [0.25, 0.3) is 0 Å². The van der Waals surface area contributed by atoms with Crippen LogP contribution in [0.15, 0.2) is 28.7 Å². The SMILES string of the molecule is CCC(NCC1CN(C)CCN1C)c1ccc(Br)cc1. The maximum atomic E-state index is 3.74. The molecule has 0 aromatic heterocycles. The lowest BCUT2D eigenvalue weighted by molar-refractivity contribution is 0.111. The van der Waals surface area contributed by atoms with Gasteiger partial charge in [-0.15, -0.1) is 0 Å². The second kappa shape index (κ2) is 7.55. The van der Waals surface area contributed by atoms with E-state index in [1.807, 2.05) is 0 Å². The van der Waals surface area contributed by atoms with E-state index in [0.29, 0.717) is 12.1 Å². The number of benzene rings is 1. The summed E-state index contributed by atoms with van der Waals surface area (Å²) >= 11 is 3.50. The van der Waals surface area contributed by atoms with E-state index in [4.69, 9.17) is 0 Å². The minimum absolute atomic E-state index is 0.448. The zero-order valence-corrected chi connectivity index (χ0v) is 14.4. The van der Waals surface area contributed by atoms with Crippen molar-refractivity contribution in [2.75, 3.05) is 40.3 Å². The number of hydrogen-bond acceptors (Lipinski definition) is 3. The molecule has 0 bridgehead atoms. The van der Waals surface area contributed by atoms with Crippen LogP contribution in [0.4, 0.5) is 0 Å². The van der Waals surface area contributed by atoms with Crippen molar-refractivity contribution >= 4 is 15.9 Å². The molecule has 20 heavy (non-hydrogen) atoms. The van der Waals surface area contributed by atoms with Gasteiger partial charge in [0.2, 0.25) is 0 Å². The van der Waals surface area contributed by atoms with Crippen molar-refractivity contribution in [3.8, 4) is 0 Å². The molecule has 112 valence electrons. The summed E-state index contributed by atoms with van der Waals surface area (Å²) in [7, 11) is 4.45. The van der Waals surface area contributed by atoms with Crippen molar-refractivity contribution in [2.24, 2.45) is 0 Å². The maximum Gasteiger partial charge on any atom is 0.0345 e. The first-order valence-corrected chi connectivity index (χ1v) is 8.27. The normalized spacial score (nSPS) is 22.9. The summed E-state index contributed by atoms with van der Waals surface area (Å²) in [4.78, 5) is 4.90. The molecule has 2 rings (SSSR count). The zero-order valence-electron chi connectivity index (χ0n) is 12.8. The van der Waals surface area contributed by atoms with Crippen molar-refractivity contribution < 1.29 is 0 Å². The first kappa shape index (κ1) is 16.0. The fourth-order valence-electron chi connectivity index (χ4n) is 2.79. The summed E-state index contributed by atoms with van der Waals surface area (Å²) < 4.78 is 1.14. The van der Waals surface area contributed by atoms with Crippen LogP contribution < -0.4 is 5.32 Å². The number of hydrogen-bond donors (Lipinski definition) is 1. The Kier molecular flexibility index (Phi) is 6.02. The Morgan fingerprint density at radius 1 is 1.25 bits per heavy atom. The summed E-state index contributed by atoms with van der Waals surface area (Å²) in [6.45, 7) is 6.79. The van der Waals surface area contributed by atoms with Crippen LogP contribution in [0, 0.1) is 0 Å². The zero-order chi connectivity index (χ0) is 14.5. The van der Waals surface area contributed by atoms with Crippen molar-refractivity contribution in [3.63, 3.8) is 0 Å². The quantitative estimate of drug-likeness (QED) is 0.889. The number of nitrogens with zero attached hydrogens (tertiary/aromatic N) is 2. The van der Waals surface area contributed by atoms with E-state index in [1.54, 1.807) is 0 Å². The average Bonchev–Trinajstić information content (AvgIpc) is 2.45. The monoisotopic (exact) mass is 339 g/mol. The molecule has 1 saturated heterocycles. The largest absolute Gasteiger partial charge is 0.308 e. The lowest BCUT2D eigenvalue weighted by Crippen LogP contribution is -2.54. The summed E-state index contributed by atoms with van der Waals surface area (Å²) in [5.41, 5.74) is 1.38. The Balaban J connectivity index is 1.91. The summed E-state index contributed by atoms with van der Waals surface area (Å²) in [6, 6.07) is 9.73. The van der Waals surface area contributed by atoms with Gasteiger partial charge in [-0.25, -0.2) is 0 Å². The van der Waals surface area contributed by atoms with Gasteiger partial charge in [0.15, 0.2) is 0 Å². The number of nitrogens with one attached hydrogen (secondary N) is 1. The minimum atomic E-state index is 0.448. The molecule has 0 saturated carbocycles. The first-order valence-electron chi connectivity index (χ1n) is 7.47. The van der Waals surface area contributed by atoms with E-state index in [-0.39, 0.29) is 0 Å². The van der Waals surface area contributed by atoms with Crippen molar-refractivity contribution in [1.29, 1.82) is 0 Å². The number of piperazine rings is 1. The van der Waals surface area contributed by atoms with Crippen molar-refractivity contribution in [3.05, 3.63) is 34.3 Å². The number of likely N-dealkylation sites (N-methyl/N-ethyl adjacent to an activating group) is 2. The molecule has 0 spiro atoms. The van der Waals surface area contributed by atoms with Gasteiger partial charge in [0.05, 0.1) is 0 Å². The number of rotatable bonds is 5. The van der Waals surface area contributed by atoms with E-state index < -0.39 is 0 Å². The lowest BCUT2D eigenvalue weighted by Gasteiger charge is -2.38. The van der Waals surface area contributed by atoms with Crippen LogP contribution in [-0.2, 0) is 0 Å². The van der Waals surface area contributed by atoms with Crippen LogP contribution >= 0.6 is 15.9 Å². The molecule has 4 heteroatoms. The molecule has 1 heterocycles. The van der Waals surface area contributed by atoms with Gasteiger partial charge in [-0.1, -0.05) is 35.0 Å². The molecule has 2 atom stereocenters. The highest BCUT2D eigenvalue weighted by atomic mass is 79.9. The molecule has 2 unspecified atom stereocenters. The molecule has 0 radical (unpaired) electrons. The standard InChI is InChI=1S/C16H26BrN3/c1-4-16(13-5-7-14(17)8-6-13)18-11-15-12-19(2)9-10-20(15)3/h5-8,15-16,18H,4,9-12H2,1-3H3. The Labute approximate surface area is 131 Å². The molecule has 1 aliphatic rings. The molecule has 1 fully saturated rings. The average molecular weight is 340 g/mol. The van der Waals surface area contributed by atoms with Gasteiger partial charge in [-0.3, -0.25) is 4.90 Å². The highest BCUT2D eigenvalue weighted by molar-refractivity contribution is 9.10. The highest BCUT2D eigenvalue weighted by Crippen LogP contribution is 2.19. The maximum absolute atomic E-state index is 3.74. The molecular formula is C16H26BrN3. The lowest BCUT2D eigenvalue weighted by atomic mass is 10.0. The van der Waals surface area contributed by atoms with E-state index in [0.717, 1.165) is 30.5 Å². The van der Waals surface area contributed by atoms with Gasteiger partial charge in [0.1, 0.15) is 0 Å². The Morgan fingerprint density at radius 3 is 2.60 bits per heavy atom. The smallest absolute Gasteiger partial charge is 0.0345 e. The van der Waals surface area contributed by atoms with Crippen LogP contribution in [0.5, 0.6) is 0 Å². The highest BCUT2D eigenvalue weighted by Gasteiger charge is 2.22. The molecule has 0 amide bonds. The van der Waals surface area contributed by atoms with Crippen LogP contribution in [0.1, 0.15) is 24.9 Å². The van der Waals surface area contributed by atoms with Gasteiger partial charge in [-0.05, 0) is 38.2 Å². The minimum Gasteiger partial charge on any atom is -0.308 e. The van der Waals surface area contributed by atoms with Gasteiger partial charge in [0, 0.05) is 42.7 Å². The van der Waals surface area contributed by atoms with Crippen molar-refractivity contribution in [1.82, 2.24) is 15.1 Å². The third kappa shape index (κ3) is 4.29. The Bertz CT molecular complexity index is 407. The van der Waals surface area contributed by atoms with Crippen LogP contribution in [0.2, 0.25) is 0 Å². The van der Waals surface area contributed by atoms with Crippen LogP contribution in [-0.4, -0.2) is 56.1 Å². The van der Waals surface area contributed by atoms with E-state index in [1.165, 1.54) is 12.1 Å². The molecule has 0 aliphatic carbocycles. The number of halogens is 1. The molecule has 1 N–H and O–H groups in total. The fourth-order valence-corrected chi connectivity index (χ4v) is 3.06. The predicted octanol–water partition coefficient (Wildman–Crippen LogP) is 2.74. The molecule has 3 nitrogen and oxygen atoms in total. The molecule has 1 aromatic rings. The second-order valence-corrected chi connectivity index (χ2v) is 6.73. The summed E-state index contributed by atoms with van der Waals surface area (Å²) in [5, 5.41) is 3.74. The fraction of sp³-hybridized carbons (Fsp3) is 0.625. The van der Waals surface area contributed by atoms with Crippen molar-refractivity contribution in [2.45, 2.75) is 25.4 Å². The predicted molar refractivity (Wildman–Crippen MR) is 89.1 cm³/mol. The third-order valence-corrected chi connectivity index (χ3v) is 4.79. The van der Waals surface area contributed by atoms with Crippen LogP contribution in [0.3, 0.4) is 0 Å². The molecule has 1 aliphatic heterocycles. The summed E-state index contributed by atoms with van der Waals surface area (Å²) in [6.07, 6.45) is 1.12. The molecule has 1 aromatic carbocycles. The first-order chi connectivity index (χ1) is 9.60. The van der Waals surface area contributed by atoms with E-state index in [2.05, 4.69) is 76.3 Å². The van der Waals surface area contributed by atoms with E-state index in [9.17, 15) is 0 Å².